The molecule has 0 spiro atoms. The summed E-state index contributed by atoms with van der Waals surface area (Å²) in [6.07, 6.45) is -0.153. The normalized spacial score (nSPS) is 8.00. The van der Waals surface area contributed by atoms with Gasteiger partial charge in [0.05, 0.1) is 12.7 Å². The molecule has 0 aromatic heterocycles. The standard InChI is InChI=1S/C5H8N2O2/c1-2-9-7-5(8)3-4-6/h2-3H2,1H3,(H,7,8). The number of hydrogen-bond acceptors (Lipinski definition) is 3. The monoisotopic (exact) mass is 128 g/mol. The lowest BCUT2D eigenvalue weighted by molar-refractivity contribution is -0.132. The molecule has 0 aromatic rings. The van der Waals surface area contributed by atoms with E-state index in [9.17, 15) is 4.79 Å². The van der Waals surface area contributed by atoms with Crippen LogP contribution in [0.25, 0.3) is 0 Å². The molecule has 0 rings (SSSR count). The molecule has 9 heavy (non-hydrogen) atoms. The van der Waals surface area contributed by atoms with E-state index in [-0.39, 0.29) is 6.42 Å². The first kappa shape index (κ1) is 7.92. The van der Waals surface area contributed by atoms with Gasteiger partial charge in [0, 0.05) is 0 Å². The molecule has 0 unspecified atom stereocenters. The highest BCUT2D eigenvalue weighted by Gasteiger charge is 1.95. The molecule has 4 nitrogen and oxygen atoms in total. The fourth-order valence-corrected chi connectivity index (χ4v) is 0.261. The van der Waals surface area contributed by atoms with Crippen LogP contribution in [-0.2, 0) is 9.63 Å². The molecular weight excluding hydrogens is 120 g/mol. The van der Waals surface area contributed by atoms with Crippen molar-refractivity contribution >= 4 is 5.91 Å². The van der Waals surface area contributed by atoms with Crippen molar-refractivity contribution in [2.75, 3.05) is 6.61 Å². The highest BCUT2D eigenvalue weighted by atomic mass is 16.6. The lowest BCUT2D eigenvalue weighted by atomic mass is 10.5. The number of carbonyl (C=O) groups excluding carboxylic acids is 1. The second-order valence-electron chi connectivity index (χ2n) is 1.29. The Morgan fingerprint density at radius 2 is 2.56 bits per heavy atom. The number of hydrogen-bond donors (Lipinski definition) is 1. The number of hydroxylamine groups is 1. The van der Waals surface area contributed by atoms with E-state index in [2.05, 4.69) is 10.3 Å². The topological polar surface area (TPSA) is 62.1 Å². The molecule has 1 amide bonds. The van der Waals surface area contributed by atoms with Crippen LogP contribution >= 0.6 is 0 Å². The van der Waals surface area contributed by atoms with E-state index in [1.807, 2.05) is 0 Å². The number of nitrogens with zero attached hydrogens (tertiary/aromatic N) is 1. The van der Waals surface area contributed by atoms with Gasteiger partial charge in [0.25, 0.3) is 5.91 Å². The summed E-state index contributed by atoms with van der Waals surface area (Å²) in [5, 5.41) is 7.97. The van der Waals surface area contributed by atoms with E-state index >= 15 is 0 Å². The largest absolute Gasteiger partial charge is 0.274 e. The van der Waals surface area contributed by atoms with Crippen molar-refractivity contribution < 1.29 is 9.63 Å². The Labute approximate surface area is 53.4 Å². The lowest BCUT2D eigenvalue weighted by Gasteiger charge is -1.97. The van der Waals surface area contributed by atoms with Gasteiger partial charge in [-0.3, -0.25) is 9.63 Å². The highest BCUT2D eigenvalue weighted by Crippen LogP contribution is 1.74. The maximum Gasteiger partial charge on any atom is 0.257 e. The van der Waals surface area contributed by atoms with Gasteiger partial charge in [0.15, 0.2) is 0 Å². The van der Waals surface area contributed by atoms with Gasteiger partial charge in [0.2, 0.25) is 0 Å². The fraction of sp³-hybridized carbons (Fsp3) is 0.600. The molecule has 0 heterocycles. The van der Waals surface area contributed by atoms with Crippen molar-refractivity contribution in [3.8, 4) is 6.07 Å². The van der Waals surface area contributed by atoms with Crippen LogP contribution in [0, 0.1) is 11.3 Å². The summed E-state index contributed by atoms with van der Waals surface area (Å²) in [5.74, 6) is -0.403. The van der Waals surface area contributed by atoms with Crippen molar-refractivity contribution in [1.29, 1.82) is 5.26 Å². The molecule has 0 aromatic carbocycles. The zero-order valence-electron chi connectivity index (χ0n) is 5.18. The van der Waals surface area contributed by atoms with Gasteiger partial charge >= 0.3 is 0 Å². The van der Waals surface area contributed by atoms with Crippen molar-refractivity contribution in [1.82, 2.24) is 5.48 Å². The number of carbonyl (C=O) groups is 1. The minimum absolute atomic E-state index is 0.153. The quantitative estimate of drug-likeness (QED) is 0.543. The second-order valence-corrected chi connectivity index (χ2v) is 1.29. The van der Waals surface area contributed by atoms with Crippen LogP contribution in [0.3, 0.4) is 0 Å². The Kier molecular flexibility index (Phi) is 4.46. The molecule has 0 radical (unpaired) electrons. The lowest BCUT2D eigenvalue weighted by Crippen LogP contribution is -2.22. The van der Waals surface area contributed by atoms with Gasteiger partial charge in [-0.2, -0.15) is 5.26 Å². The average Bonchev–Trinajstić information content (AvgIpc) is 1.85. The molecule has 0 fully saturated rings. The number of nitrogens with one attached hydrogen (secondary N) is 1. The van der Waals surface area contributed by atoms with E-state index < -0.39 is 5.91 Å². The molecule has 0 bridgehead atoms. The second kappa shape index (κ2) is 5.06. The summed E-state index contributed by atoms with van der Waals surface area (Å²) in [4.78, 5) is 14.8. The highest BCUT2D eigenvalue weighted by molar-refractivity contribution is 5.76. The Hall–Kier alpha value is -1.08. The number of amides is 1. The Balaban J connectivity index is 3.19. The maximum absolute atomic E-state index is 10.3. The van der Waals surface area contributed by atoms with Crippen LogP contribution in [0.4, 0.5) is 0 Å². The molecule has 1 N–H and O–H groups in total. The van der Waals surface area contributed by atoms with Crippen molar-refractivity contribution in [3.05, 3.63) is 0 Å². The summed E-state index contributed by atoms with van der Waals surface area (Å²) >= 11 is 0. The zero-order chi connectivity index (χ0) is 7.11. The summed E-state index contributed by atoms with van der Waals surface area (Å²) in [5.41, 5.74) is 2.07. The molecule has 50 valence electrons. The predicted octanol–water partition coefficient (Wildman–Crippen LogP) is -0.0322. The van der Waals surface area contributed by atoms with Gasteiger partial charge in [-0.25, -0.2) is 5.48 Å². The van der Waals surface area contributed by atoms with Gasteiger partial charge in [-0.15, -0.1) is 0 Å². The van der Waals surface area contributed by atoms with Crippen LogP contribution in [0.15, 0.2) is 0 Å². The molecule has 0 saturated carbocycles. The fourth-order valence-electron chi connectivity index (χ4n) is 0.261. The first-order chi connectivity index (χ1) is 4.31. The van der Waals surface area contributed by atoms with E-state index in [1.165, 1.54) is 0 Å². The number of nitriles is 1. The third kappa shape index (κ3) is 4.78. The summed E-state index contributed by atoms with van der Waals surface area (Å²) in [7, 11) is 0. The van der Waals surface area contributed by atoms with Crippen LogP contribution < -0.4 is 5.48 Å². The first-order valence-electron chi connectivity index (χ1n) is 2.58. The van der Waals surface area contributed by atoms with Crippen molar-refractivity contribution in [3.63, 3.8) is 0 Å². The minimum Gasteiger partial charge on any atom is -0.274 e. The van der Waals surface area contributed by atoms with Crippen LogP contribution in [0.5, 0.6) is 0 Å². The van der Waals surface area contributed by atoms with Crippen molar-refractivity contribution in [2.45, 2.75) is 13.3 Å². The smallest absolute Gasteiger partial charge is 0.257 e. The van der Waals surface area contributed by atoms with Gasteiger partial charge in [-0.05, 0) is 6.92 Å². The zero-order valence-corrected chi connectivity index (χ0v) is 5.18. The molecular formula is C5H8N2O2. The maximum atomic E-state index is 10.3. The average molecular weight is 128 g/mol. The minimum atomic E-state index is -0.403. The van der Waals surface area contributed by atoms with Crippen molar-refractivity contribution in [2.24, 2.45) is 0 Å². The summed E-state index contributed by atoms with van der Waals surface area (Å²) in [6.45, 7) is 2.16. The van der Waals surface area contributed by atoms with Gasteiger partial charge in [0.1, 0.15) is 6.42 Å². The molecule has 0 aliphatic carbocycles. The van der Waals surface area contributed by atoms with Crippen LogP contribution in [0.1, 0.15) is 13.3 Å². The Morgan fingerprint density at radius 3 is 3.00 bits per heavy atom. The van der Waals surface area contributed by atoms with Crippen LogP contribution in [0.2, 0.25) is 0 Å². The molecule has 0 aliphatic rings. The van der Waals surface area contributed by atoms with Gasteiger partial charge in [-0.1, -0.05) is 0 Å². The summed E-state index contributed by atoms with van der Waals surface area (Å²) in [6, 6.07) is 1.68. The first-order valence-corrected chi connectivity index (χ1v) is 2.58. The molecule has 4 heteroatoms. The summed E-state index contributed by atoms with van der Waals surface area (Å²) < 4.78 is 0. The molecule has 0 atom stereocenters. The molecule has 0 aliphatic heterocycles. The van der Waals surface area contributed by atoms with E-state index in [1.54, 1.807) is 13.0 Å². The Bertz CT molecular complexity index is 127. The third-order valence-electron chi connectivity index (χ3n) is 0.570. The third-order valence-corrected chi connectivity index (χ3v) is 0.570. The molecule has 0 saturated heterocycles. The van der Waals surface area contributed by atoms with Crippen LogP contribution in [-0.4, -0.2) is 12.5 Å². The van der Waals surface area contributed by atoms with E-state index in [0.29, 0.717) is 6.61 Å². The number of rotatable bonds is 3. The van der Waals surface area contributed by atoms with Gasteiger partial charge < -0.3 is 0 Å². The predicted molar refractivity (Wildman–Crippen MR) is 30.0 cm³/mol. The SMILES string of the molecule is CCONC(=O)CC#N. The Morgan fingerprint density at radius 1 is 1.89 bits per heavy atom. The van der Waals surface area contributed by atoms with E-state index in [4.69, 9.17) is 5.26 Å². The van der Waals surface area contributed by atoms with E-state index in [0.717, 1.165) is 0 Å².